The number of carbonyl (C=O) groups excluding carboxylic acids is 1. The molecule has 1 heterocycles. The molecule has 178 valence electrons. The molecule has 33 heavy (non-hydrogen) atoms. The van der Waals surface area contributed by atoms with E-state index in [9.17, 15) is 13.2 Å². The zero-order valence-corrected chi connectivity index (χ0v) is 20.2. The van der Waals surface area contributed by atoms with Gasteiger partial charge in [-0.15, -0.1) is 0 Å². The van der Waals surface area contributed by atoms with E-state index in [4.69, 9.17) is 21.7 Å². The van der Waals surface area contributed by atoms with Crippen LogP contribution in [0.1, 0.15) is 36.5 Å². The van der Waals surface area contributed by atoms with E-state index in [1.54, 1.807) is 36.4 Å². The number of rotatable bonds is 9. The first-order valence-electron chi connectivity index (χ1n) is 10.9. The van der Waals surface area contributed by atoms with Gasteiger partial charge in [-0.2, -0.15) is 4.31 Å². The summed E-state index contributed by atoms with van der Waals surface area (Å²) in [6, 6.07) is 13.2. The van der Waals surface area contributed by atoms with Gasteiger partial charge in [0, 0.05) is 25.4 Å². The zero-order valence-electron chi connectivity index (χ0n) is 18.6. The number of anilines is 1. The fraction of sp³-hybridized carbons (Fsp3) is 0.391. The van der Waals surface area contributed by atoms with Gasteiger partial charge in [0.25, 0.3) is 5.91 Å². The van der Waals surface area contributed by atoms with Gasteiger partial charge in [-0.25, -0.2) is 8.42 Å². The highest BCUT2D eigenvalue weighted by molar-refractivity contribution is 7.89. The van der Waals surface area contributed by atoms with Crippen LogP contribution in [0.25, 0.3) is 0 Å². The molecule has 0 atom stereocenters. The quantitative estimate of drug-likeness (QED) is 0.410. The number of sulfonamides is 1. The van der Waals surface area contributed by atoms with Crippen molar-refractivity contribution in [2.45, 2.75) is 31.1 Å². The number of thiocarbonyl (C=S) groups is 1. The fourth-order valence-electron chi connectivity index (χ4n) is 3.43. The second-order valence-electron chi connectivity index (χ2n) is 7.44. The van der Waals surface area contributed by atoms with Crippen molar-refractivity contribution in [3.05, 3.63) is 54.1 Å². The predicted molar refractivity (Wildman–Crippen MR) is 131 cm³/mol. The highest BCUT2D eigenvalue weighted by atomic mass is 32.2. The van der Waals surface area contributed by atoms with E-state index in [1.807, 2.05) is 6.92 Å². The van der Waals surface area contributed by atoms with Crippen molar-refractivity contribution in [1.29, 1.82) is 0 Å². The second kappa shape index (κ2) is 12.1. The van der Waals surface area contributed by atoms with Crippen LogP contribution in [0.15, 0.2) is 53.4 Å². The topological polar surface area (TPSA) is 97.0 Å². The summed E-state index contributed by atoms with van der Waals surface area (Å²) in [5.41, 5.74) is 0.917. The van der Waals surface area contributed by atoms with Crippen molar-refractivity contribution < 1.29 is 22.7 Å². The Morgan fingerprint density at radius 3 is 2.42 bits per heavy atom. The molecule has 1 fully saturated rings. The molecule has 0 aliphatic carbocycles. The van der Waals surface area contributed by atoms with Gasteiger partial charge in [0.15, 0.2) is 5.11 Å². The number of nitrogens with one attached hydrogen (secondary N) is 2. The van der Waals surface area contributed by atoms with Crippen molar-refractivity contribution in [2.24, 2.45) is 0 Å². The molecule has 3 rings (SSSR count). The number of nitrogens with zero attached hydrogens (tertiary/aromatic N) is 1. The number of benzene rings is 2. The fourth-order valence-corrected chi connectivity index (χ4v) is 5.16. The van der Waals surface area contributed by atoms with E-state index in [1.165, 1.54) is 16.4 Å². The molecule has 10 heteroatoms. The number of carbonyl (C=O) groups is 1. The lowest BCUT2D eigenvalue weighted by Gasteiger charge is -2.25. The van der Waals surface area contributed by atoms with Crippen LogP contribution in [-0.2, 0) is 14.8 Å². The molecule has 0 spiro atoms. The summed E-state index contributed by atoms with van der Waals surface area (Å²) in [5.74, 6) is 0.0218. The third-order valence-corrected chi connectivity index (χ3v) is 7.23. The number of hydrogen-bond donors (Lipinski definition) is 2. The summed E-state index contributed by atoms with van der Waals surface area (Å²) < 4.78 is 38.0. The summed E-state index contributed by atoms with van der Waals surface area (Å²) in [4.78, 5) is 12.9. The lowest BCUT2D eigenvalue weighted by atomic mass is 10.2. The summed E-state index contributed by atoms with van der Waals surface area (Å²) in [5, 5.41) is 5.63. The van der Waals surface area contributed by atoms with Gasteiger partial charge < -0.3 is 14.8 Å². The summed E-state index contributed by atoms with van der Waals surface area (Å²) in [7, 11) is -3.50. The molecule has 1 aliphatic rings. The number of ether oxygens (including phenoxy) is 2. The Hall–Kier alpha value is -2.53. The Bertz CT molecular complexity index is 1050. The van der Waals surface area contributed by atoms with Gasteiger partial charge in [-0.3, -0.25) is 10.1 Å². The smallest absolute Gasteiger partial charge is 0.261 e. The molecule has 8 nitrogen and oxygen atoms in total. The van der Waals surface area contributed by atoms with Gasteiger partial charge in [-0.1, -0.05) is 18.6 Å². The summed E-state index contributed by atoms with van der Waals surface area (Å²) >= 11 is 5.26. The molecule has 0 aromatic heterocycles. The average Bonchev–Trinajstić information content (AvgIpc) is 2.83. The lowest BCUT2D eigenvalue weighted by molar-refractivity contribution is 0.0958. The minimum absolute atomic E-state index is 0.0933. The largest absolute Gasteiger partial charge is 0.490 e. The third-order valence-electron chi connectivity index (χ3n) is 5.11. The SMILES string of the molecule is CCOCCOc1ccccc1C(=O)NC(=S)Nc1ccc(S(=O)(=O)N2CCCCC2)cc1. The first-order chi connectivity index (χ1) is 15.9. The van der Waals surface area contributed by atoms with Crippen molar-refractivity contribution in [2.75, 3.05) is 38.2 Å². The molecule has 1 amide bonds. The first-order valence-corrected chi connectivity index (χ1v) is 12.8. The molecule has 0 bridgehead atoms. The predicted octanol–water partition coefficient (Wildman–Crippen LogP) is 3.40. The van der Waals surface area contributed by atoms with E-state index in [0.717, 1.165) is 19.3 Å². The highest BCUT2D eigenvalue weighted by Gasteiger charge is 2.25. The Balaban J connectivity index is 1.58. The molecule has 2 N–H and O–H groups in total. The zero-order chi connectivity index (χ0) is 23.7. The van der Waals surface area contributed by atoms with Crippen molar-refractivity contribution in [3.8, 4) is 5.75 Å². The van der Waals surface area contributed by atoms with Crippen LogP contribution in [0.2, 0.25) is 0 Å². The second-order valence-corrected chi connectivity index (χ2v) is 9.79. The maximum atomic E-state index is 12.8. The lowest BCUT2D eigenvalue weighted by Crippen LogP contribution is -2.35. The molecule has 0 radical (unpaired) electrons. The molecule has 0 unspecified atom stereocenters. The van der Waals surface area contributed by atoms with Crippen LogP contribution in [-0.4, -0.2) is 56.7 Å². The Morgan fingerprint density at radius 1 is 1.03 bits per heavy atom. The average molecular weight is 492 g/mol. The molecule has 2 aromatic carbocycles. The monoisotopic (exact) mass is 491 g/mol. The Morgan fingerprint density at radius 2 is 1.73 bits per heavy atom. The summed E-state index contributed by atoms with van der Waals surface area (Å²) in [6.07, 6.45) is 2.82. The number of amides is 1. The molecular weight excluding hydrogens is 462 g/mol. The van der Waals surface area contributed by atoms with Gasteiger partial charge in [-0.05, 0) is 68.4 Å². The van der Waals surface area contributed by atoms with E-state index in [2.05, 4.69) is 10.6 Å². The standard InChI is InChI=1S/C23H29N3O5S2/c1-2-30-16-17-31-21-9-5-4-8-20(21)22(27)25-23(32)24-18-10-12-19(13-11-18)33(28,29)26-14-6-3-7-15-26/h4-5,8-13H,2-3,6-7,14-17H2,1H3,(H2,24,25,27,32). The molecule has 1 aliphatic heterocycles. The molecule has 1 saturated heterocycles. The van der Waals surface area contributed by atoms with E-state index in [-0.39, 0.29) is 10.0 Å². The van der Waals surface area contributed by atoms with Gasteiger partial charge in [0.1, 0.15) is 12.4 Å². The van der Waals surface area contributed by atoms with Crippen LogP contribution in [0, 0.1) is 0 Å². The van der Waals surface area contributed by atoms with E-state index >= 15 is 0 Å². The normalized spacial score (nSPS) is 14.5. The minimum Gasteiger partial charge on any atom is -0.490 e. The van der Waals surface area contributed by atoms with Crippen molar-refractivity contribution in [3.63, 3.8) is 0 Å². The molecule has 2 aromatic rings. The molecular formula is C23H29N3O5S2. The third kappa shape index (κ3) is 6.97. The Labute approximate surface area is 200 Å². The van der Waals surface area contributed by atoms with Gasteiger partial charge in [0.05, 0.1) is 17.1 Å². The van der Waals surface area contributed by atoms with Crippen LogP contribution in [0.3, 0.4) is 0 Å². The number of hydrogen-bond acceptors (Lipinski definition) is 6. The minimum atomic E-state index is -3.50. The highest BCUT2D eigenvalue weighted by Crippen LogP contribution is 2.22. The van der Waals surface area contributed by atoms with Crippen molar-refractivity contribution in [1.82, 2.24) is 9.62 Å². The number of para-hydroxylation sites is 1. The van der Waals surface area contributed by atoms with E-state index in [0.29, 0.717) is 49.9 Å². The first kappa shape index (κ1) is 25.1. The van der Waals surface area contributed by atoms with Crippen LogP contribution in [0.5, 0.6) is 5.75 Å². The molecule has 0 saturated carbocycles. The summed E-state index contributed by atoms with van der Waals surface area (Å²) in [6.45, 7) is 4.35. The van der Waals surface area contributed by atoms with E-state index < -0.39 is 15.9 Å². The number of piperidine rings is 1. The van der Waals surface area contributed by atoms with Crippen molar-refractivity contribution >= 4 is 38.9 Å². The maximum absolute atomic E-state index is 12.8. The van der Waals surface area contributed by atoms with Crippen LogP contribution < -0.4 is 15.4 Å². The van der Waals surface area contributed by atoms with Crippen LogP contribution >= 0.6 is 12.2 Å². The van der Waals surface area contributed by atoms with Gasteiger partial charge >= 0.3 is 0 Å². The van der Waals surface area contributed by atoms with Gasteiger partial charge in [0.2, 0.25) is 10.0 Å². The maximum Gasteiger partial charge on any atom is 0.261 e. The Kier molecular flexibility index (Phi) is 9.19. The van der Waals surface area contributed by atoms with Crippen LogP contribution in [0.4, 0.5) is 5.69 Å².